The topological polar surface area (TPSA) is 66.4 Å². The van der Waals surface area contributed by atoms with Gasteiger partial charge < -0.3 is 4.90 Å². The van der Waals surface area contributed by atoms with Gasteiger partial charge in [0.15, 0.2) is 0 Å². The van der Waals surface area contributed by atoms with Crippen molar-refractivity contribution in [1.29, 1.82) is 0 Å². The van der Waals surface area contributed by atoms with Crippen molar-refractivity contribution in [2.75, 3.05) is 31.1 Å². The quantitative estimate of drug-likeness (QED) is 0.847. The zero-order valence-electron chi connectivity index (χ0n) is 12.5. The van der Waals surface area contributed by atoms with Gasteiger partial charge in [-0.1, -0.05) is 0 Å². The summed E-state index contributed by atoms with van der Waals surface area (Å²) >= 11 is 0. The van der Waals surface area contributed by atoms with Crippen LogP contribution in [0.15, 0.2) is 24.5 Å². The van der Waals surface area contributed by atoms with Crippen molar-refractivity contribution < 1.29 is 12.8 Å². The zero-order chi connectivity index (χ0) is 16.0. The SMILES string of the molecule is O=S(=O)(C1CC1)N1CCN(c2ncnc3cc(F)ccc23)CC1. The van der Waals surface area contributed by atoms with E-state index < -0.39 is 10.0 Å². The number of piperazine rings is 1. The number of fused-ring (bicyclic) bond motifs is 1. The van der Waals surface area contributed by atoms with Crippen molar-refractivity contribution >= 4 is 26.7 Å². The molecule has 0 bridgehead atoms. The molecule has 8 heteroatoms. The largest absolute Gasteiger partial charge is 0.353 e. The molecule has 0 spiro atoms. The summed E-state index contributed by atoms with van der Waals surface area (Å²) in [5.41, 5.74) is 0.558. The minimum absolute atomic E-state index is 0.170. The Kier molecular flexibility index (Phi) is 3.46. The number of sulfonamides is 1. The van der Waals surface area contributed by atoms with E-state index >= 15 is 0 Å². The van der Waals surface area contributed by atoms with Crippen LogP contribution < -0.4 is 4.90 Å². The smallest absolute Gasteiger partial charge is 0.217 e. The van der Waals surface area contributed by atoms with Crippen molar-refractivity contribution in [3.05, 3.63) is 30.3 Å². The normalized spacial score (nSPS) is 20.1. The van der Waals surface area contributed by atoms with Gasteiger partial charge in [0.1, 0.15) is 18.0 Å². The van der Waals surface area contributed by atoms with E-state index in [-0.39, 0.29) is 11.1 Å². The molecule has 1 saturated heterocycles. The first-order valence-corrected chi connectivity index (χ1v) is 9.20. The minimum Gasteiger partial charge on any atom is -0.353 e. The fraction of sp³-hybridized carbons (Fsp3) is 0.467. The van der Waals surface area contributed by atoms with Gasteiger partial charge in [0.05, 0.1) is 10.8 Å². The van der Waals surface area contributed by atoms with Crippen LogP contribution in [-0.2, 0) is 10.0 Å². The predicted octanol–water partition coefficient (Wildman–Crippen LogP) is 1.38. The molecule has 1 aromatic heterocycles. The summed E-state index contributed by atoms with van der Waals surface area (Å²) in [6.07, 6.45) is 2.99. The Bertz CT molecular complexity index is 846. The third-order valence-electron chi connectivity index (χ3n) is 4.42. The zero-order valence-corrected chi connectivity index (χ0v) is 13.3. The van der Waals surface area contributed by atoms with Crippen LogP contribution in [0.4, 0.5) is 10.2 Å². The third-order valence-corrected chi connectivity index (χ3v) is 6.82. The van der Waals surface area contributed by atoms with Crippen molar-refractivity contribution in [2.24, 2.45) is 0 Å². The summed E-state index contributed by atoms with van der Waals surface area (Å²) in [6, 6.07) is 4.45. The molecule has 1 aliphatic heterocycles. The van der Waals surface area contributed by atoms with E-state index in [4.69, 9.17) is 0 Å². The van der Waals surface area contributed by atoms with Crippen molar-refractivity contribution in [2.45, 2.75) is 18.1 Å². The van der Waals surface area contributed by atoms with E-state index in [1.54, 1.807) is 10.4 Å². The summed E-state index contributed by atoms with van der Waals surface area (Å²) in [6.45, 7) is 2.09. The highest BCUT2D eigenvalue weighted by Gasteiger charge is 2.41. The molecule has 0 amide bonds. The molecule has 2 fully saturated rings. The van der Waals surface area contributed by atoms with Crippen LogP contribution in [0.2, 0.25) is 0 Å². The third kappa shape index (κ3) is 2.66. The fourth-order valence-corrected chi connectivity index (χ4v) is 4.82. The second-order valence-electron chi connectivity index (χ2n) is 5.99. The average molecular weight is 336 g/mol. The summed E-state index contributed by atoms with van der Waals surface area (Å²) in [4.78, 5) is 10.5. The number of halogens is 1. The van der Waals surface area contributed by atoms with Crippen LogP contribution in [0.25, 0.3) is 10.9 Å². The van der Waals surface area contributed by atoms with Crippen molar-refractivity contribution in [3.63, 3.8) is 0 Å². The summed E-state index contributed by atoms with van der Waals surface area (Å²) < 4.78 is 39.5. The van der Waals surface area contributed by atoms with E-state index in [9.17, 15) is 12.8 Å². The summed E-state index contributed by atoms with van der Waals surface area (Å²) in [5, 5.41) is 0.615. The molecular weight excluding hydrogens is 319 g/mol. The number of benzene rings is 1. The Morgan fingerprint density at radius 3 is 2.52 bits per heavy atom. The number of hydrogen-bond donors (Lipinski definition) is 0. The highest BCUT2D eigenvalue weighted by molar-refractivity contribution is 7.90. The van der Waals surface area contributed by atoms with Crippen LogP contribution >= 0.6 is 0 Å². The molecule has 0 N–H and O–H groups in total. The molecule has 4 rings (SSSR count). The molecule has 6 nitrogen and oxygen atoms in total. The van der Waals surface area contributed by atoms with Crippen LogP contribution in [0.3, 0.4) is 0 Å². The molecule has 2 aliphatic rings. The molecule has 0 atom stereocenters. The number of aromatic nitrogens is 2. The van der Waals surface area contributed by atoms with E-state index in [1.807, 2.05) is 4.90 Å². The number of hydrogen-bond acceptors (Lipinski definition) is 5. The van der Waals surface area contributed by atoms with Crippen LogP contribution in [0.5, 0.6) is 0 Å². The van der Waals surface area contributed by atoms with Crippen LogP contribution in [-0.4, -0.2) is 54.1 Å². The lowest BCUT2D eigenvalue weighted by atomic mass is 10.2. The maximum atomic E-state index is 13.3. The maximum Gasteiger partial charge on any atom is 0.217 e. The molecule has 1 aromatic carbocycles. The highest BCUT2D eigenvalue weighted by Crippen LogP contribution is 2.32. The summed E-state index contributed by atoms with van der Waals surface area (Å²) in [5.74, 6) is 0.404. The Morgan fingerprint density at radius 1 is 1.09 bits per heavy atom. The van der Waals surface area contributed by atoms with Crippen molar-refractivity contribution in [3.8, 4) is 0 Å². The number of nitrogens with zero attached hydrogens (tertiary/aromatic N) is 4. The van der Waals surface area contributed by atoms with Gasteiger partial charge >= 0.3 is 0 Å². The van der Waals surface area contributed by atoms with E-state index in [0.29, 0.717) is 31.7 Å². The van der Waals surface area contributed by atoms with Crippen molar-refractivity contribution in [1.82, 2.24) is 14.3 Å². The molecule has 23 heavy (non-hydrogen) atoms. The number of rotatable bonds is 3. The van der Waals surface area contributed by atoms with Gasteiger partial charge in [0.2, 0.25) is 10.0 Å². The lowest BCUT2D eigenvalue weighted by molar-refractivity contribution is 0.383. The average Bonchev–Trinajstić information content (AvgIpc) is 3.39. The molecule has 0 unspecified atom stereocenters. The number of anilines is 1. The molecule has 1 aliphatic carbocycles. The molecule has 0 radical (unpaired) electrons. The van der Waals surface area contributed by atoms with Crippen LogP contribution in [0.1, 0.15) is 12.8 Å². The second kappa shape index (κ2) is 5.38. The van der Waals surface area contributed by atoms with Gasteiger partial charge in [-0.05, 0) is 25.0 Å². The van der Waals surface area contributed by atoms with Gasteiger partial charge in [0, 0.05) is 37.6 Å². The fourth-order valence-electron chi connectivity index (χ4n) is 3.00. The standard InChI is InChI=1S/C15H17FN4O2S/c16-11-1-4-13-14(9-11)17-10-18-15(13)19-5-7-20(8-6-19)23(21,22)12-2-3-12/h1,4,9-10,12H,2-3,5-8H2. The Hall–Kier alpha value is -1.80. The predicted molar refractivity (Wildman–Crippen MR) is 85.2 cm³/mol. The van der Waals surface area contributed by atoms with Crippen LogP contribution in [0, 0.1) is 5.82 Å². The second-order valence-corrected chi connectivity index (χ2v) is 8.20. The first-order chi connectivity index (χ1) is 11.1. The van der Waals surface area contributed by atoms with Gasteiger partial charge in [-0.3, -0.25) is 0 Å². The lowest BCUT2D eigenvalue weighted by Crippen LogP contribution is -2.49. The van der Waals surface area contributed by atoms with Gasteiger partial charge in [-0.25, -0.2) is 22.8 Å². The Labute approximate surface area is 134 Å². The molecule has 1 saturated carbocycles. The molecular formula is C15H17FN4O2S. The molecule has 2 aromatic rings. The lowest BCUT2D eigenvalue weighted by Gasteiger charge is -2.35. The molecule has 2 heterocycles. The Morgan fingerprint density at radius 2 is 1.83 bits per heavy atom. The first-order valence-electron chi connectivity index (χ1n) is 7.70. The van der Waals surface area contributed by atoms with E-state index in [1.165, 1.54) is 18.5 Å². The Balaban J connectivity index is 1.57. The minimum atomic E-state index is -3.12. The van der Waals surface area contributed by atoms with Gasteiger partial charge in [-0.15, -0.1) is 0 Å². The van der Waals surface area contributed by atoms with E-state index in [0.717, 1.165) is 24.0 Å². The molecule has 122 valence electrons. The monoisotopic (exact) mass is 336 g/mol. The maximum absolute atomic E-state index is 13.3. The first kappa shape index (κ1) is 14.8. The highest BCUT2D eigenvalue weighted by atomic mass is 32.2. The summed E-state index contributed by atoms with van der Waals surface area (Å²) in [7, 11) is -3.12. The van der Waals surface area contributed by atoms with Gasteiger partial charge in [-0.2, -0.15) is 4.31 Å². The van der Waals surface area contributed by atoms with Gasteiger partial charge in [0.25, 0.3) is 0 Å². The van der Waals surface area contributed by atoms with E-state index in [2.05, 4.69) is 9.97 Å².